The smallest absolute Gasteiger partial charge is 0.0867 e. The Morgan fingerprint density at radius 3 is 2.00 bits per heavy atom. The molecular formula is C14H21NO. The Hall–Kier alpha value is -0.860. The molecule has 2 rings (SSSR count). The van der Waals surface area contributed by atoms with Gasteiger partial charge in [-0.3, -0.25) is 0 Å². The molecule has 0 bridgehead atoms. The van der Waals surface area contributed by atoms with Crippen molar-refractivity contribution >= 4 is 0 Å². The van der Waals surface area contributed by atoms with Gasteiger partial charge in [0.2, 0.25) is 0 Å². The van der Waals surface area contributed by atoms with Gasteiger partial charge in [-0.2, -0.15) is 0 Å². The number of benzene rings is 1. The van der Waals surface area contributed by atoms with E-state index in [4.69, 9.17) is 0 Å². The molecule has 0 saturated carbocycles. The number of nitrogens with one attached hydrogen (secondary N) is 1. The Labute approximate surface area is 97.7 Å². The first-order valence-corrected chi connectivity index (χ1v) is 6.01. The van der Waals surface area contributed by atoms with Crippen LogP contribution in [-0.2, 0) is 0 Å². The van der Waals surface area contributed by atoms with E-state index in [2.05, 4.69) is 50.4 Å². The summed E-state index contributed by atoms with van der Waals surface area (Å²) >= 11 is 0. The van der Waals surface area contributed by atoms with E-state index in [0.29, 0.717) is 5.92 Å². The van der Waals surface area contributed by atoms with Gasteiger partial charge in [0.05, 0.1) is 6.10 Å². The van der Waals surface area contributed by atoms with E-state index in [1.54, 1.807) is 0 Å². The molecule has 0 spiro atoms. The Morgan fingerprint density at radius 2 is 1.62 bits per heavy atom. The van der Waals surface area contributed by atoms with Crippen molar-refractivity contribution in [1.29, 1.82) is 0 Å². The second-order valence-electron chi connectivity index (χ2n) is 5.48. The van der Waals surface area contributed by atoms with Gasteiger partial charge in [-0.1, -0.05) is 45.0 Å². The summed E-state index contributed by atoms with van der Waals surface area (Å²) in [5, 5.41) is 13.5. The number of aliphatic hydroxyl groups is 1. The van der Waals surface area contributed by atoms with E-state index in [-0.39, 0.29) is 11.5 Å². The van der Waals surface area contributed by atoms with Gasteiger partial charge in [-0.15, -0.1) is 0 Å². The number of aliphatic hydroxyl groups excluding tert-OH is 1. The Morgan fingerprint density at radius 1 is 1.12 bits per heavy atom. The van der Waals surface area contributed by atoms with Crippen molar-refractivity contribution in [3.8, 4) is 0 Å². The summed E-state index contributed by atoms with van der Waals surface area (Å²) < 4.78 is 0. The first kappa shape index (κ1) is 11.6. The molecule has 2 heteroatoms. The number of rotatable bonds is 3. The molecule has 1 fully saturated rings. The van der Waals surface area contributed by atoms with Crippen molar-refractivity contribution < 1.29 is 5.11 Å². The van der Waals surface area contributed by atoms with Crippen LogP contribution in [0.25, 0.3) is 0 Å². The molecule has 1 saturated heterocycles. The van der Waals surface area contributed by atoms with Crippen molar-refractivity contribution in [2.45, 2.75) is 32.8 Å². The molecule has 1 aliphatic heterocycles. The summed E-state index contributed by atoms with van der Waals surface area (Å²) in [6.45, 7) is 8.30. The minimum absolute atomic E-state index is 0.0132. The lowest BCUT2D eigenvalue weighted by atomic mass is 9.75. The van der Waals surface area contributed by atoms with E-state index in [1.807, 2.05) is 0 Å². The van der Waals surface area contributed by atoms with Crippen LogP contribution in [0.3, 0.4) is 0 Å². The Balaban J connectivity index is 2.15. The third-order valence-corrected chi connectivity index (χ3v) is 3.64. The number of hydrogen-bond acceptors (Lipinski definition) is 2. The van der Waals surface area contributed by atoms with Crippen LogP contribution in [0.1, 0.15) is 43.9 Å². The second kappa shape index (κ2) is 4.19. The van der Waals surface area contributed by atoms with Gasteiger partial charge in [0.15, 0.2) is 0 Å². The monoisotopic (exact) mass is 219 g/mol. The van der Waals surface area contributed by atoms with Gasteiger partial charge in [0.1, 0.15) is 0 Å². The lowest BCUT2D eigenvalue weighted by Crippen LogP contribution is -2.54. The van der Waals surface area contributed by atoms with Gasteiger partial charge in [-0.25, -0.2) is 0 Å². The molecule has 0 amide bonds. The highest BCUT2D eigenvalue weighted by molar-refractivity contribution is 5.27. The van der Waals surface area contributed by atoms with Crippen LogP contribution in [0.2, 0.25) is 0 Å². The molecule has 1 aliphatic rings. The SMILES string of the molecule is CC(C)c1ccc(C(O)C2(C)CNC2)cc1. The maximum absolute atomic E-state index is 10.3. The minimum Gasteiger partial charge on any atom is -0.388 e. The van der Waals surface area contributed by atoms with Crippen molar-refractivity contribution in [3.63, 3.8) is 0 Å². The highest BCUT2D eigenvalue weighted by atomic mass is 16.3. The third-order valence-electron chi connectivity index (χ3n) is 3.64. The summed E-state index contributed by atoms with van der Waals surface area (Å²) in [5.41, 5.74) is 2.38. The summed E-state index contributed by atoms with van der Waals surface area (Å²) in [6.07, 6.45) is -0.352. The molecule has 0 radical (unpaired) electrons. The summed E-state index contributed by atoms with van der Waals surface area (Å²) in [4.78, 5) is 0. The zero-order valence-electron chi connectivity index (χ0n) is 10.3. The molecule has 88 valence electrons. The molecule has 0 aliphatic carbocycles. The fourth-order valence-electron chi connectivity index (χ4n) is 2.18. The fraction of sp³-hybridized carbons (Fsp3) is 0.571. The van der Waals surface area contributed by atoms with Crippen molar-refractivity contribution in [2.24, 2.45) is 5.41 Å². The lowest BCUT2D eigenvalue weighted by molar-refractivity contribution is -0.00261. The average Bonchev–Trinajstić information content (AvgIpc) is 2.25. The first-order chi connectivity index (χ1) is 7.53. The van der Waals surface area contributed by atoms with Crippen molar-refractivity contribution in [2.75, 3.05) is 13.1 Å². The first-order valence-electron chi connectivity index (χ1n) is 6.01. The summed E-state index contributed by atoms with van der Waals surface area (Å²) in [7, 11) is 0. The van der Waals surface area contributed by atoms with Crippen LogP contribution < -0.4 is 5.32 Å². The molecule has 1 heterocycles. The third kappa shape index (κ3) is 2.00. The van der Waals surface area contributed by atoms with Crippen LogP contribution >= 0.6 is 0 Å². The molecular weight excluding hydrogens is 198 g/mol. The predicted molar refractivity (Wildman–Crippen MR) is 66.5 cm³/mol. The van der Waals surface area contributed by atoms with Crippen LogP contribution in [0, 0.1) is 5.41 Å². The van der Waals surface area contributed by atoms with E-state index in [9.17, 15) is 5.11 Å². The van der Waals surface area contributed by atoms with Gasteiger partial charge in [0.25, 0.3) is 0 Å². The van der Waals surface area contributed by atoms with Crippen molar-refractivity contribution in [1.82, 2.24) is 5.32 Å². The average molecular weight is 219 g/mol. The summed E-state index contributed by atoms with van der Waals surface area (Å²) in [6, 6.07) is 8.37. The van der Waals surface area contributed by atoms with Crippen molar-refractivity contribution in [3.05, 3.63) is 35.4 Å². The van der Waals surface area contributed by atoms with Crippen LogP contribution in [-0.4, -0.2) is 18.2 Å². The molecule has 1 aromatic carbocycles. The second-order valence-corrected chi connectivity index (χ2v) is 5.48. The topological polar surface area (TPSA) is 32.3 Å². The van der Waals surface area contributed by atoms with E-state index in [1.165, 1.54) is 5.56 Å². The highest BCUT2D eigenvalue weighted by Crippen LogP contribution is 2.37. The normalized spacial score (nSPS) is 20.6. The largest absolute Gasteiger partial charge is 0.388 e. The molecule has 1 unspecified atom stereocenters. The maximum Gasteiger partial charge on any atom is 0.0867 e. The highest BCUT2D eigenvalue weighted by Gasteiger charge is 2.39. The van der Waals surface area contributed by atoms with Crippen LogP contribution in [0.4, 0.5) is 0 Å². The minimum atomic E-state index is -0.352. The Kier molecular flexibility index (Phi) is 3.04. The molecule has 1 aromatic rings. The van der Waals surface area contributed by atoms with Gasteiger partial charge in [-0.05, 0) is 17.0 Å². The zero-order chi connectivity index (χ0) is 11.8. The van der Waals surface area contributed by atoms with Crippen LogP contribution in [0.15, 0.2) is 24.3 Å². The molecule has 0 aromatic heterocycles. The van der Waals surface area contributed by atoms with E-state index < -0.39 is 0 Å². The van der Waals surface area contributed by atoms with Crippen LogP contribution in [0.5, 0.6) is 0 Å². The zero-order valence-corrected chi connectivity index (χ0v) is 10.3. The molecule has 16 heavy (non-hydrogen) atoms. The molecule has 2 N–H and O–H groups in total. The van der Waals surface area contributed by atoms with Gasteiger partial charge >= 0.3 is 0 Å². The molecule has 1 atom stereocenters. The molecule has 2 nitrogen and oxygen atoms in total. The van der Waals surface area contributed by atoms with Gasteiger partial charge < -0.3 is 10.4 Å². The standard InChI is InChI=1S/C14H21NO/c1-10(2)11-4-6-12(7-5-11)13(16)14(3)8-15-9-14/h4-7,10,13,15-16H,8-9H2,1-3H3. The fourth-order valence-corrected chi connectivity index (χ4v) is 2.18. The quantitative estimate of drug-likeness (QED) is 0.818. The Bertz CT molecular complexity index is 352. The predicted octanol–water partition coefficient (Wildman–Crippen LogP) is 2.45. The van der Waals surface area contributed by atoms with E-state index in [0.717, 1.165) is 18.7 Å². The maximum atomic E-state index is 10.3. The lowest BCUT2D eigenvalue weighted by Gasteiger charge is -2.43. The van der Waals surface area contributed by atoms with E-state index >= 15 is 0 Å². The number of hydrogen-bond donors (Lipinski definition) is 2. The van der Waals surface area contributed by atoms with Gasteiger partial charge in [0, 0.05) is 18.5 Å². The summed E-state index contributed by atoms with van der Waals surface area (Å²) in [5.74, 6) is 0.548.